The molecule has 0 unspecified atom stereocenters. The zero-order valence-electron chi connectivity index (χ0n) is 9.80. The van der Waals surface area contributed by atoms with Crippen LogP contribution >= 0.6 is 27.3 Å². The monoisotopic (exact) mass is 305 g/mol. The maximum atomic E-state index is 5.49. The van der Waals surface area contributed by atoms with Crippen LogP contribution < -0.4 is 5.32 Å². The van der Waals surface area contributed by atoms with E-state index < -0.39 is 0 Å². The summed E-state index contributed by atoms with van der Waals surface area (Å²) in [5.41, 5.74) is 0. The molecule has 1 aromatic heterocycles. The minimum absolute atomic E-state index is 0.874. The number of rotatable bonds is 9. The average molecular weight is 306 g/mol. The molecule has 92 valence electrons. The lowest BCUT2D eigenvalue weighted by Crippen LogP contribution is -2.16. The van der Waals surface area contributed by atoms with Crippen molar-refractivity contribution in [2.24, 2.45) is 0 Å². The summed E-state index contributed by atoms with van der Waals surface area (Å²) in [6, 6.07) is 2.09. The molecule has 16 heavy (non-hydrogen) atoms. The third kappa shape index (κ3) is 5.99. The van der Waals surface area contributed by atoms with E-state index in [-0.39, 0.29) is 0 Å². The Morgan fingerprint density at radius 2 is 2.19 bits per heavy atom. The van der Waals surface area contributed by atoms with E-state index in [2.05, 4.69) is 39.6 Å². The summed E-state index contributed by atoms with van der Waals surface area (Å²) in [7, 11) is 0. The maximum Gasteiger partial charge on any atom is 0.0478 e. The molecule has 0 spiro atoms. The van der Waals surface area contributed by atoms with Crippen LogP contribution in [0.4, 0.5) is 0 Å². The minimum atomic E-state index is 0.874. The fourth-order valence-corrected chi connectivity index (χ4v) is 2.76. The van der Waals surface area contributed by atoms with Gasteiger partial charge in [0.25, 0.3) is 0 Å². The zero-order chi connectivity index (χ0) is 11.6. The first kappa shape index (κ1) is 14.2. The highest BCUT2D eigenvalue weighted by molar-refractivity contribution is 9.10. The van der Waals surface area contributed by atoms with Crippen LogP contribution in [0.25, 0.3) is 0 Å². The summed E-state index contributed by atoms with van der Waals surface area (Å²) in [5, 5.41) is 5.53. The van der Waals surface area contributed by atoms with E-state index in [1.807, 2.05) is 0 Å². The minimum Gasteiger partial charge on any atom is -0.381 e. The Hall–Kier alpha value is 0.100. The second-order valence-electron chi connectivity index (χ2n) is 3.69. The molecule has 0 fully saturated rings. The molecule has 0 aliphatic carbocycles. The van der Waals surface area contributed by atoms with E-state index in [0.29, 0.717) is 0 Å². The number of ether oxygens (including phenoxy) is 1. The quantitative estimate of drug-likeness (QED) is 0.701. The van der Waals surface area contributed by atoms with Gasteiger partial charge in [0.1, 0.15) is 0 Å². The van der Waals surface area contributed by atoms with Gasteiger partial charge in [-0.3, -0.25) is 0 Å². The SMILES string of the molecule is CCCCOCCCNCc1sccc1Br. The second kappa shape index (κ2) is 9.16. The molecule has 0 bridgehead atoms. The molecule has 0 aliphatic heterocycles. The van der Waals surface area contributed by atoms with E-state index in [4.69, 9.17) is 4.74 Å². The molecule has 0 amide bonds. The van der Waals surface area contributed by atoms with Crippen LogP contribution in [0.3, 0.4) is 0 Å². The van der Waals surface area contributed by atoms with Crippen LogP contribution in [0.2, 0.25) is 0 Å². The van der Waals surface area contributed by atoms with Crippen LogP contribution in [0.1, 0.15) is 31.1 Å². The van der Waals surface area contributed by atoms with E-state index in [1.54, 1.807) is 11.3 Å². The van der Waals surface area contributed by atoms with E-state index >= 15 is 0 Å². The first-order chi connectivity index (χ1) is 7.84. The van der Waals surface area contributed by atoms with Gasteiger partial charge < -0.3 is 10.1 Å². The Kier molecular flexibility index (Phi) is 8.11. The predicted octanol–water partition coefficient (Wildman–Crippen LogP) is 3.81. The van der Waals surface area contributed by atoms with Gasteiger partial charge in [-0.15, -0.1) is 11.3 Å². The van der Waals surface area contributed by atoms with Crippen LogP contribution in [0.15, 0.2) is 15.9 Å². The normalized spacial score (nSPS) is 10.9. The number of hydrogen-bond donors (Lipinski definition) is 1. The Morgan fingerprint density at radius 1 is 1.38 bits per heavy atom. The fraction of sp³-hybridized carbons (Fsp3) is 0.667. The standard InChI is InChI=1S/C12H20BrNOS/c1-2-3-7-15-8-4-6-14-10-12-11(13)5-9-16-12/h5,9,14H,2-4,6-8,10H2,1H3. The van der Waals surface area contributed by atoms with Crippen molar-refractivity contribution in [1.29, 1.82) is 0 Å². The second-order valence-corrected chi connectivity index (χ2v) is 5.54. The van der Waals surface area contributed by atoms with Gasteiger partial charge >= 0.3 is 0 Å². The molecule has 1 N–H and O–H groups in total. The van der Waals surface area contributed by atoms with Crippen molar-refractivity contribution < 1.29 is 4.74 Å². The molecule has 4 heteroatoms. The van der Waals surface area contributed by atoms with Gasteiger partial charge in [-0.25, -0.2) is 0 Å². The molecule has 0 atom stereocenters. The van der Waals surface area contributed by atoms with Crippen LogP contribution in [0, 0.1) is 0 Å². The fourth-order valence-electron chi connectivity index (χ4n) is 1.30. The number of hydrogen-bond acceptors (Lipinski definition) is 3. The van der Waals surface area contributed by atoms with Gasteiger partial charge in [-0.2, -0.15) is 0 Å². The number of unbranched alkanes of at least 4 members (excludes halogenated alkanes) is 1. The van der Waals surface area contributed by atoms with Gasteiger partial charge in [0.2, 0.25) is 0 Å². The lowest BCUT2D eigenvalue weighted by Gasteiger charge is -2.05. The summed E-state index contributed by atoms with van der Waals surface area (Å²) in [5.74, 6) is 0. The molecule has 0 saturated carbocycles. The highest BCUT2D eigenvalue weighted by Crippen LogP contribution is 2.21. The third-order valence-corrected chi connectivity index (χ3v) is 4.19. The Labute approximate surface area is 111 Å². The first-order valence-electron chi connectivity index (χ1n) is 5.85. The van der Waals surface area contributed by atoms with Gasteiger partial charge in [0, 0.05) is 29.1 Å². The first-order valence-corrected chi connectivity index (χ1v) is 7.52. The third-order valence-electron chi connectivity index (χ3n) is 2.26. The van der Waals surface area contributed by atoms with Crippen molar-refractivity contribution in [3.63, 3.8) is 0 Å². The van der Waals surface area contributed by atoms with E-state index in [1.165, 1.54) is 22.2 Å². The van der Waals surface area contributed by atoms with Crippen molar-refractivity contribution >= 4 is 27.3 Å². The van der Waals surface area contributed by atoms with Gasteiger partial charge in [-0.1, -0.05) is 13.3 Å². The van der Waals surface area contributed by atoms with Crippen molar-refractivity contribution in [3.8, 4) is 0 Å². The molecular weight excluding hydrogens is 286 g/mol. The van der Waals surface area contributed by atoms with E-state index in [9.17, 15) is 0 Å². The molecule has 1 rings (SSSR count). The van der Waals surface area contributed by atoms with Crippen molar-refractivity contribution in [3.05, 3.63) is 20.8 Å². The largest absolute Gasteiger partial charge is 0.381 e. The molecule has 0 aromatic carbocycles. The van der Waals surface area contributed by atoms with Crippen molar-refractivity contribution in [2.75, 3.05) is 19.8 Å². The predicted molar refractivity (Wildman–Crippen MR) is 74.1 cm³/mol. The highest BCUT2D eigenvalue weighted by atomic mass is 79.9. The molecule has 2 nitrogen and oxygen atoms in total. The van der Waals surface area contributed by atoms with Crippen molar-refractivity contribution in [1.82, 2.24) is 5.32 Å². The van der Waals surface area contributed by atoms with Crippen molar-refractivity contribution in [2.45, 2.75) is 32.7 Å². The lowest BCUT2D eigenvalue weighted by atomic mass is 10.3. The lowest BCUT2D eigenvalue weighted by molar-refractivity contribution is 0.129. The smallest absolute Gasteiger partial charge is 0.0478 e. The Balaban J connectivity index is 1.91. The summed E-state index contributed by atoms with van der Waals surface area (Å²) in [6.07, 6.45) is 3.48. The van der Waals surface area contributed by atoms with E-state index in [0.717, 1.165) is 32.7 Å². The molecular formula is C12H20BrNOS. The molecule has 1 heterocycles. The molecule has 0 aliphatic rings. The average Bonchev–Trinajstić information content (AvgIpc) is 2.68. The topological polar surface area (TPSA) is 21.3 Å². The highest BCUT2D eigenvalue weighted by Gasteiger charge is 1.99. The molecule has 0 saturated heterocycles. The van der Waals surface area contributed by atoms with Gasteiger partial charge in [-0.05, 0) is 46.8 Å². The molecule has 1 aromatic rings. The number of nitrogens with one attached hydrogen (secondary N) is 1. The molecule has 0 radical (unpaired) electrons. The maximum absolute atomic E-state index is 5.49. The Morgan fingerprint density at radius 3 is 2.88 bits per heavy atom. The van der Waals surface area contributed by atoms with Gasteiger partial charge in [0.05, 0.1) is 0 Å². The van der Waals surface area contributed by atoms with Crippen LogP contribution in [-0.4, -0.2) is 19.8 Å². The Bertz CT molecular complexity index is 278. The van der Waals surface area contributed by atoms with Gasteiger partial charge in [0.15, 0.2) is 0 Å². The number of thiophene rings is 1. The summed E-state index contributed by atoms with van der Waals surface area (Å²) in [4.78, 5) is 1.37. The van der Waals surface area contributed by atoms with Crippen LogP contribution in [0.5, 0.6) is 0 Å². The van der Waals surface area contributed by atoms with Crippen LogP contribution in [-0.2, 0) is 11.3 Å². The summed E-state index contributed by atoms with van der Waals surface area (Å²) in [6.45, 7) is 5.94. The summed E-state index contributed by atoms with van der Waals surface area (Å²) >= 11 is 5.31. The summed E-state index contributed by atoms with van der Waals surface area (Å²) < 4.78 is 6.70. The zero-order valence-corrected chi connectivity index (χ0v) is 12.2. The number of halogens is 1.